The lowest BCUT2D eigenvalue weighted by Crippen LogP contribution is -2.32. The first-order valence-corrected chi connectivity index (χ1v) is 6.39. The third kappa shape index (κ3) is 2.13. The van der Waals surface area contributed by atoms with E-state index < -0.39 is 0 Å². The van der Waals surface area contributed by atoms with Crippen LogP contribution in [0.15, 0.2) is 30.6 Å². The molecule has 19 heavy (non-hydrogen) atoms. The largest absolute Gasteiger partial charge is 0.352 e. The third-order valence-electron chi connectivity index (χ3n) is 3.62. The standard InChI is InChI=1S/C14H17N5/c1-10-13(18-15)16-9-17-14(10)19-7-6-11-4-2-3-5-12(11)8-19/h2-5,9H,6-8,15H2,1H3,(H,16,17,18). The zero-order chi connectivity index (χ0) is 13.2. The smallest absolute Gasteiger partial charge is 0.148 e. The highest BCUT2D eigenvalue weighted by Gasteiger charge is 2.19. The quantitative estimate of drug-likeness (QED) is 0.630. The number of rotatable bonds is 2. The molecule has 2 aromatic rings. The Morgan fingerprint density at radius 3 is 2.79 bits per heavy atom. The summed E-state index contributed by atoms with van der Waals surface area (Å²) in [5.74, 6) is 7.11. The van der Waals surface area contributed by atoms with Crippen LogP contribution < -0.4 is 16.2 Å². The van der Waals surface area contributed by atoms with Gasteiger partial charge in [0.1, 0.15) is 18.0 Å². The fourth-order valence-corrected chi connectivity index (χ4v) is 2.58. The maximum Gasteiger partial charge on any atom is 0.148 e. The number of benzene rings is 1. The molecule has 0 saturated heterocycles. The molecule has 3 rings (SSSR count). The Labute approximate surface area is 112 Å². The van der Waals surface area contributed by atoms with Crippen molar-refractivity contribution in [3.05, 3.63) is 47.3 Å². The molecule has 1 aliphatic rings. The number of fused-ring (bicyclic) bond motifs is 1. The second kappa shape index (κ2) is 4.85. The van der Waals surface area contributed by atoms with Crippen LogP contribution in [0, 0.1) is 6.92 Å². The van der Waals surface area contributed by atoms with Gasteiger partial charge < -0.3 is 10.3 Å². The number of nitrogens with two attached hydrogens (primary N) is 1. The summed E-state index contributed by atoms with van der Waals surface area (Å²) in [4.78, 5) is 10.8. The van der Waals surface area contributed by atoms with Gasteiger partial charge in [0.25, 0.3) is 0 Å². The second-order valence-electron chi connectivity index (χ2n) is 4.76. The minimum absolute atomic E-state index is 0.684. The number of hydrogen-bond donors (Lipinski definition) is 2. The molecule has 0 saturated carbocycles. The molecule has 0 unspecified atom stereocenters. The summed E-state index contributed by atoms with van der Waals surface area (Å²) < 4.78 is 0. The van der Waals surface area contributed by atoms with Gasteiger partial charge in [0, 0.05) is 18.7 Å². The molecule has 5 nitrogen and oxygen atoms in total. The van der Waals surface area contributed by atoms with Gasteiger partial charge in [-0.15, -0.1) is 0 Å². The fourth-order valence-electron chi connectivity index (χ4n) is 2.58. The maximum absolute atomic E-state index is 5.47. The predicted octanol–water partition coefficient (Wildman–Crippen LogP) is 1.63. The monoisotopic (exact) mass is 255 g/mol. The number of hydrogen-bond acceptors (Lipinski definition) is 5. The van der Waals surface area contributed by atoms with Crippen molar-refractivity contribution < 1.29 is 0 Å². The van der Waals surface area contributed by atoms with Gasteiger partial charge in [-0.05, 0) is 24.5 Å². The van der Waals surface area contributed by atoms with E-state index in [4.69, 9.17) is 5.84 Å². The highest BCUT2D eigenvalue weighted by atomic mass is 15.3. The van der Waals surface area contributed by atoms with Crippen LogP contribution in [0.3, 0.4) is 0 Å². The van der Waals surface area contributed by atoms with Crippen molar-refractivity contribution in [1.82, 2.24) is 9.97 Å². The first-order chi connectivity index (χ1) is 9.29. The minimum Gasteiger partial charge on any atom is -0.352 e. The van der Waals surface area contributed by atoms with Crippen LogP contribution >= 0.6 is 0 Å². The third-order valence-corrected chi connectivity index (χ3v) is 3.62. The van der Waals surface area contributed by atoms with E-state index in [0.29, 0.717) is 5.82 Å². The van der Waals surface area contributed by atoms with Gasteiger partial charge in [-0.2, -0.15) is 0 Å². The molecule has 0 amide bonds. The molecular weight excluding hydrogens is 238 g/mol. The molecule has 98 valence electrons. The van der Waals surface area contributed by atoms with Crippen molar-refractivity contribution >= 4 is 11.6 Å². The molecule has 0 atom stereocenters. The number of nitrogens with zero attached hydrogens (tertiary/aromatic N) is 3. The Morgan fingerprint density at radius 2 is 2.00 bits per heavy atom. The minimum atomic E-state index is 0.684. The molecule has 1 aromatic heterocycles. The van der Waals surface area contributed by atoms with E-state index >= 15 is 0 Å². The molecule has 0 aliphatic carbocycles. The van der Waals surface area contributed by atoms with Gasteiger partial charge in [-0.3, -0.25) is 0 Å². The molecule has 1 aliphatic heterocycles. The highest BCUT2D eigenvalue weighted by Crippen LogP contribution is 2.27. The van der Waals surface area contributed by atoms with Gasteiger partial charge in [-0.1, -0.05) is 24.3 Å². The number of aromatic nitrogens is 2. The SMILES string of the molecule is Cc1c(NN)ncnc1N1CCc2ccccc2C1. The van der Waals surface area contributed by atoms with E-state index in [1.165, 1.54) is 11.1 Å². The van der Waals surface area contributed by atoms with E-state index in [1.54, 1.807) is 6.33 Å². The van der Waals surface area contributed by atoms with Crippen molar-refractivity contribution in [2.75, 3.05) is 16.9 Å². The van der Waals surface area contributed by atoms with Gasteiger partial charge >= 0.3 is 0 Å². The number of nitrogens with one attached hydrogen (secondary N) is 1. The number of hydrazine groups is 1. The summed E-state index contributed by atoms with van der Waals surface area (Å²) in [6.45, 7) is 3.85. The van der Waals surface area contributed by atoms with E-state index in [1.807, 2.05) is 6.92 Å². The van der Waals surface area contributed by atoms with Crippen molar-refractivity contribution in [2.45, 2.75) is 19.9 Å². The van der Waals surface area contributed by atoms with Crippen molar-refractivity contribution in [3.8, 4) is 0 Å². The summed E-state index contributed by atoms with van der Waals surface area (Å²) in [7, 11) is 0. The van der Waals surface area contributed by atoms with Gasteiger partial charge in [0.15, 0.2) is 0 Å². The van der Waals surface area contributed by atoms with Gasteiger partial charge in [0.05, 0.1) is 0 Å². The van der Waals surface area contributed by atoms with E-state index in [0.717, 1.165) is 30.9 Å². The maximum atomic E-state index is 5.47. The first-order valence-electron chi connectivity index (χ1n) is 6.39. The van der Waals surface area contributed by atoms with E-state index in [2.05, 4.69) is 44.6 Å². The highest BCUT2D eigenvalue weighted by molar-refractivity contribution is 5.58. The molecular formula is C14H17N5. The Kier molecular flexibility index (Phi) is 3.05. The van der Waals surface area contributed by atoms with Gasteiger partial charge in [-0.25, -0.2) is 15.8 Å². The summed E-state index contributed by atoms with van der Waals surface area (Å²) in [6.07, 6.45) is 2.60. The normalized spacial score (nSPS) is 14.1. The summed E-state index contributed by atoms with van der Waals surface area (Å²) >= 11 is 0. The Bertz CT molecular complexity index is 596. The summed E-state index contributed by atoms with van der Waals surface area (Å²) in [5.41, 5.74) is 6.41. The van der Waals surface area contributed by atoms with Crippen molar-refractivity contribution in [2.24, 2.45) is 5.84 Å². The van der Waals surface area contributed by atoms with Crippen LogP contribution in [-0.4, -0.2) is 16.5 Å². The lowest BCUT2D eigenvalue weighted by molar-refractivity contribution is 0.716. The average Bonchev–Trinajstić information content (AvgIpc) is 2.47. The lowest BCUT2D eigenvalue weighted by Gasteiger charge is -2.30. The molecule has 3 N–H and O–H groups in total. The molecule has 0 radical (unpaired) electrons. The van der Waals surface area contributed by atoms with Crippen molar-refractivity contribution in [3.63, 3.8) is 0 Å². The molecule has 0 fully saturated rings. The van der Waals surface area contributed by atoms with E-state index in [9.17, 15) is 0 Å². The Morgan fingerprint density at radius 1 is 1.21 bits per heavy atom. The van der Waals surface area contributed by atoms with Crippen LogP contribution in [0.2, 0.25) is 0 Å². The first kappa shape index (κ1) is 11.9. The van der Waals surface area contributed by atoms with Crippen molar-refractivity contribution in [1.29, 1.82) is 0 Å². The fraction of sp³-hybridized carbons (Fsp3) is 0.286. The van der Waals surface area contributed by atoms with Crippen LogP contribution in [0.25, 0.3) is 0 Å². The van der Waals surface area contributed by atoms with Crippen LogP contribution in [0.5, 0.6) is 0 Å². The molecule has 0 spiro atoms. The second-order valence-corrected chi connectivity index (χ2v) is 4.76. The molecule has 2 heterocycles. The molecule has 0 bridgehead atoms. The summed E-state index contributed by atoms with van der Waals surface area (Å²) in [6, 6.07) is 8.56. The zero-order valence-corrected chi connectivity index (χ0v) is 10.9. The summed E-state index contributed by atoms with van der Waals surface area (Å²) in [5, 5.41) is 0. The van der Waals surface area contributed by atoms with Crippen LogP contribution in [-0.2, 0) is 13.0 Å². The predicted molar refractivity (Wildman–Crippen MR) is 75.8 cm³/mol. The number of nitrogen functional groups attached to an aromatic ring is 1. The number of anilines is 2. The Balaban J connectivity index is 1.93. The zero-order valence-electron chi connectivity index (χ0n) is 10.9. The average molecular weight is 255 g/mol. The van der Waals surface area contributed by atoms with Crippen LogP contribution in [0.4, 0.5) is 11.6 Å². The molecule has 1 aromatic carbocycles. The lowest BCUT2D eigenvalue weighted by atomic mass is 10.00. The van der Waals surface area contributed by atoms with Gasteiger partial charge in [0.2, 0.25) is 0 Å². The molecule has 5 heteroatoms. The van der Waals surface area contributed by atoms with Crippen LogP contribution in [0.1, 0.15) is 16.7 Å². The van der Waals surface area contributed by atoms with E-state index in [-0.39, 0.29) is 0 Å². The topological polar surface area (TPSA) is 67.1 Å². The Hall–Kier alpha value is -2.14.